The first-order valence-corrected chi connectivity index (χ1v) is 7.51. The van der Waals surface area contributed by atoms with Gasteiger partial charge in [-0.25, -0.2) is 0 Å². The smallest absolute Gasteiger partial charge is 0.100 e. The summed E-state index contributed by atoms with van der Waals surface area (Å²) >= 11 is 7.24. The molecule has 0 spiro atoms. The van der Waals surface area contributed by atoms with Crippen molar-refractivity contribution in [1.82, 2.24) is 0 Å². The average Bonchev–Trinajstić information content (AvgIpc) is 2.34. The number of hydrogen-bond acceptors (Lipinski definition) is 2. The van der Waals surface area contributed by atoms with Gasteiger partial charge >= 0.3 is 0 Å². The molecule has 0 atom stereocenters. The summed E-state index contributed by atoms with van der Waals surface area (Å²) in [6.45, 7) is 0. The summed E-state index contributed by atoms with van der Waals surface area (Å²) < 4.78 is 2.06. The van der Waals surface area contributed by atoms with E-state index in [1.807, 2.05) is 30.3 Å². The van der Waals surface area contributed by atoms with E-state index in [9.17, 15) is 0 Å². The molecule has 0 heterocycles. The molecule has 1 nitrogen and oxygen atoms in total. The monoisotopic (exact) mass is 415 g/mol. The third-order valence-electron chi connectivity index (χ3n) is 2.11. The number of benzene rings is 2. The first kappa shape index (κ1) is 12.9. The molecule has 2 rings (SSSR count). The summed E-state index contributed by atoms with van der Waals surface area (Å²) in [4.78, 5) is 2.25. The van der Waals surface area contributed by atoms with Crippen LogP contribution in [0.1, 0.15) is 5.56 Å². The fraction of sp³-hybridized carbons (Fsp3) is 0. The van der Waals surface area contributed by atoms with E-state index in [2.05, 4.69) is 56.7 Å². The molecule has 0 N–H and O–H groups in total. The average molecular weight is 416 g/mol. The molecule has 17 heavy (non-hydrogen) atoms. The highest BCUT2D eigenvalue weighted by atomic mass is 127. The van der Waals surface area contributed by atoms with E-state index in [0.717, 1.165) is 18.5 Å². The highest BCUT2D eigenvalue weighted by molar-refractivity contribution is 14.1. The highest BCUT2D eigenvalue weighted by Gasteiger charge is 2.02. The molecule has 0 aliphatic carbocycles. The van der Waals surface area contributed by atoms with Crippen molar-refractivity contribution in [3.05, 3.63) is 56.1 Å². The molecule has 0 aliphatic heterocycles. The normalized spacial score (nSPS) is 9.94. The molecule has 0 saturated heterocycles. The Balaban J connectivity index is 2.25. The van der Waals surface area contributed by atoms with E-state index >= 15 is 0 Å². The van der Waals surface area contributed by atoms with Crippen molar-refractivity contribution in [3.8, 4) is 6.07 Å². The molecule has 0 aromatic heterocycles. The molecule has 0 saturated carbocycles. The highest BCUT2D eigenvalue weighted by Crippen LogP contribution is 2.30. The summed E-state index contributed by atoms with van der Waals surface area (Å²) in [6.07, 6.45) is 0. The first-order chi connectivity index (χ1) is 8.19. The van der Waals surface area contributed by atoms with Gasteiger partial charge in [-0.2, -0.15) is 5.26 Å². The molecule has 0 unspecified atom stereocenters. The van der Waals surface area contributed by atoms with Gasteiger partial charge < -0.3 is 0 Å². The summed E-state index contributed by atoms with van der Waals surface area (Å²) in [5.41, 5.74) is 0.729. The van der Waals surface area contributed by atoms with Crippen LogP contribution in [0.15, 0.2) is 56.7 Å². The van der Waals surface area contributed by atoms with E-state index < -0.39 is 0 Å². The van der Waals surface area contributed by atoms with Gasteiger partial charge in [0.05, 0.1) is 5.56 Å². The van der Waals surface area contributed by atoms with Gasteiger partial charge in [0.2, 0.25) is 0 Å². The molecule has 0 bridgehead atoms. The van der Waals surface area contributed by atoms with Gasteiger partial charge in [-0.1, -0.05) is 27.7 Å². The van der Waals surface area contributed by atoms with Gasteiger partial charge in [-0.15, -0.1) is 0 Å². The molecule has 2 aromatic rings. The number of rotatable bonds is 2. The lowest BCUT2D eigenvalue weighted by Crippen LogP contribution is -1.82. The van der Waals surface area contributed by atoms with E-state index in [1.165, 1.54) is 4.90 Å². The second kappa shape index (κ2) is 5.89. The molecule has 0 aliphatic rings. The summed E-state index contributed by atoms with van der Waals surface area (Å²) in [5, 5.41) is 8.98. The van der Waals surface area contributed by atoms with Gasteiger partial charge in [0.1, 0.15) is 6.07 Å². The van der Waals surface area contributed by atoms with Crippen molar-refractivity contribution >= 4 is 50.3 Å². The minimum atomic E-state index is 0.729. The van der Waals surface area contributed by atoms with Crippen molar-refractivity contribution in [2.75, 3.05) is 0 Å². The Morgan fingerprint density at radius 1 is 1.06 bits per heavy atom. The maximum absolute atomic E-state index is 8.98. The van der Waals surface area contributed by atoms with Gasteiger partial charge in [0.15, 0.2) is 0 Å². The Morgan fingerprint density at radius 2 is 1.71 bits per heavy atom. The third kappa shape index (κ3) is 3.47. The van der Waals surface area contributed by atoms with Gasteiger partial charge in [-0.3, -0.25) is 0 Å². The minimum Gasteiger partial charge on any atom is -0.192 e. The van der Waals surface area contributed by atoms with Crippen LogP contribution in [0.3, 0.4) is 0 Å². The second-order valence-corrected chi connectivity index (χ2v) is 6.53. The van der Waals surface area contributed by atoms with Crippen LogP contribution in [0.25, 0.3) is 0 Å². The zero-order chi connectivity index (χ0) is 12.3. The predicted molar refractivity (Wildman–Crippen MR) is 82.1 cm³/mol. The summed E-state index contributed by atoms with van der Waals surface area (Å²) in [7, 11) is 0. The molecule has 0 fully saturated rings. The quantitative estimate of drug-likeness (QED) is 0.639. The zero-order valence-corrected chi connectivity index (χ0v) is 13.2. The molecular weight excluding hydrogens is 409 g/mol. The van der Waals surface area contributed by atoms with Crippen molar-refractivity contribution < 1.29 is 0 Å². The fourth-order valence-corrected chi connectivity index (χ4v) is 2.87. The Kier molecular flexibility index (Phi) is 4.48. The lowest BCUT2D eigenvalue weighted by Gasteiger charge is -2.03. The number of hydrogen-bond donors (Lipinski definition) is 0. The van der Waals surface area contributed by atoms with Crippen LogP contribution in [0.5, 0.6) is 0 Å². The predicted octanol–water partition coefficient (Wildman–Crippen LogP) is 5.08. The van der Waals surface area contributed by atoms with Crippen molar-refractivity contribution in [2.45, 2.75) is 9.79 Å². The lowest BCUT2D eigenvalue weighted by molar-refractivity contribution is 1.36. The molecular formula is C13H7BrINS. The molecule has 4 heteroatoms. The van der Waals surface area contributed by atoms with Crippen LogP contribution >= 0.6 is 50.3 Å². The van der Waals surface area contributed by atoms with Crippen molar-refractivity contribution in [1.29, 1.82) is 5.26 Å². The molecule has 0 radical (unpaired) electrons. The fourth-order valence-electron chi connectivity index (χ4n) is 1.29. The Hall–Kier alpha value is -0.510. The number of halogens is 2. The van der Waals surface area contributed by atoms with Crippen LogP contribution in [-0.2, 0) is 0 Å². The SMILES string of the molecule is N#Cc1cc(Sc2ccc(Br)cc2)ccc1I. The van der Waals surface area contributed by atoms with Crippen LogP contribution in [0.4, 0.5) is 0 Å². The standard InChI is InChI=1S/C13H7BrINS/c14-10-1-3-11(4-2-10)17-12-5-6-13(15)9(7-12)8-16/h1-7H. The topological polar surface area (TPSA) is 23.8 Å². The van der Waals surface area contributed by atoms with E-state index in [-0.39, 0.29) is 0 Å². The molecule has 2 aromatic carbocycles. The maximum Gasteiger partial charge on any atom is 0.100 e. The number of nitrogens with zero attached hydrogens (tertiary/aromatic N) is 1. The second-order valence-electron chi connectivity index (χ2n) is 3.31. The largest absolute Gasteiger partial charge is 0.192 e. The van der Waals surface area contributed by atoms with Crippen LogP contribution in [0.2, 0.25) is 0 Å². The van der Waals surface area contributed by atoms with E-state index in [0.29, 0.717) is 0 Å². The number of nitriles is 1. The van der Waals surface area contributed by atoms with Gasteiger partial charge in [0.25, 0.3) is 0 Å². The van der Waals surface area contributed by atoms with Gasteiger partial charge in [-0.05, 0) is 65.1 Å². The van der Waals surface area contributed by atoms with Gasteiger partial charge in [0, 0.05) is 17.8 Å². The van der Waals surface area contributed by atoms with Crippen molar-refractivity contribution in [2.24, 2.45) is 0 Å². The molecule has 0 amide bonds. The Bertz CT molecular complexity index is 575. The third-order valence-corrected chi connectivity index (χ3v) is 4.57. The van der Waals surface area contributed by atoms with E-state index in [4.69, 9.17) is 5.26 Å². The summed E-state index contributed by atoms with van der Waals surface area (Å²) in [5.74, 6) is 0. The van der Waals surface area contributed by atoms with E-state index in [1.54, 1.807) is 11.8 Å². The minimum absolute atomic E-state index is 0.729. The Morgan fingerprint density at radius 3 is 2.35 bits per heavy atom. The first-order valence-electron chi connectivity index (χ1n) is 4.82. The Labute approximate surface area is 126 Å². The summed E-state index contributed by atoms with van der Waals surface area (Å²) in [6, 6.07) is 16.3. The van der Waals surface area contributed by atoms with Crippen LogP contribution in [0, 0.1) is 14.9 Å². The van der Waals surface area contributed by atoms with Crippen LogP contribution in [-0.4, -0.2) is 0 Å². The molecule has 84 valence electrons. The van der Waals surface area contributed by atoms with Crippen LogP contribution < -0.4 is 0 Å². The zero-order valence-electron chi connectivity index (χ0n) is 8.65. The lowest BCUT2D eigenvalue weighted by atomic mass is 10.2. The van der Waals surface area contributed by atoms with Crippen molar-refractivity contribution in [3.63, 3.8) is 0 Å². The maximum atomic E-state index is 8.98.